The van der Waals surface area contributed by atoms with Gasteiger partial charge < -0.3 is 10.6 Å². The molecule has 0 aliphatic heterocycles. The van der Waals surface area contributed by atoms with E-state index in [1.165, 1.54) is 13.0 Å². The Morgan fingerprint density at radius 1 is 1.54 bits per heavy atom. The van der Waals surface area contributed by atoms with Gasteiger partial charge in [0.25, 0.3) is 0 Å². The number of hydrogen-bond acceptors (Lipinski definition) is 3. The molecule has 0 saturated carbocycles. The summed E-state index contributed by atoms with van der Waals surface area (Å²) in [5, 5.41) is 5.47. The van der Waals surface area contributed by atoms with Gasteiger partial charge in [-0.3, -0.25) is 9.59 Å². The Labute approximate surface area is 78.4 Å². The lowest BCUT2D eigenvalue weighted by molar-refractivity contribution is -0.120. The molecule has 0 aromatic heterocycles. The van der Waals surface area contributed by atoms with E-state index >= 15 is 0 Å². The summed E-state index contributed by atoms with van der Waals surface area (Å²) in [5.41, 5.74) is 0. The van der Waals surface area contributed by atoms with E-state index in [0.717, 1.165) is 0 Å². The fourth-order valence-electron chi connectivity index (χ4n) is 0.963. The van der Waals surface area contributed by atoms with Crippen molar-refractivity contribution in [3.8, 4) is 0 Å². The molecule has 4 heteroatoms. The summed E-state index contributed by atoms with van der Waals surface area (Å²) in [6, 6.07) is -0.176. The number of likely N-dealkylation sites (N-methyl/N-ethyl adjacent to an activating group) is 1. The summed E-state index contributed by atoms with van der Waals surface area (Å²) in [5.74, 6) is -0.131. The normalized spacial score (nSPS) is 11.8. The van der Waals surface area contributed by atoms with Gasteiger partial charge in [0.05, 0.1) is 6.04 Å². The SMILES string of the molecule is C=CC(=O)NCCC(NC)C(C)=O. The topological polar surface area (TPSA) is 58.2 Å². The minimum Gasteiger partial charge on any atom is -0.352 e. The summed E-state index contributed by atoms with van der Waals surface area (Å²) in [7, 11) is 1.72. The van der Waals surface area contributed by atoms with E-state index in [9.17, 15) is 9.59 Å². The molecule has 0 aromatic rings. The smallest absolute Gasteiger partial charge is 0.243 e. The Morgan fingerprint density at radius 3 is 2.54 bits per heavy atom. The first-order chi connectivity index (χ1) is 6.11. The Hall–Kier alpha value is -1.16. The summed E-state index contributed by atoms with van der Waals surface area (Å²) in [4.78, 5) is 21.6. The summed E-state index contributed by atoms with van der Waals surface area (Å²) >= 11 is 0. The van der Waals surface area contributed by atoms with Gasteiger partial charge in [0.15, 0.2) is 0 Å². The third-order valence-electron chi connectivity index (χ3n) is 1.76. The zero-order chi connectivity index (χ0) is 10.3. The van der Waals surface area contributed by atoms with E-state index in [4.69, 9.17) is 0 Å². The number of nitrogens with one attached hydrogen (secondary N) is 2. The van der Waals surface area contributed by atoms with E-state index in [2.05, 4.69) is 17.2 Å². The second-order valence-corrected chi connectivity index (χ2v) is 2.74. The lowest BCUT2D eigenvalue weighted by Crippen LogP contribution is -2.36. The predicted molar refractivity (Wildman–Crippen MR) is 51.4 cm³/mol. The zero-order valence-electron chi connectivity index (χ0n) is 8.09. The van der Waals surface area contributed by atoms with Crippen LogP contribution in [0.25, 0.3) is 0 Å². The fraction of sp³-hybridized carbons (Fsp3) is 0.556. The number of Topliss-reactive ketones (excluding diaryl/α,β-unsaturated/α-hetero) is 1. The Balaban J connectivity index is 3.67. The Morgan fingerprint density at radius 2 is 2.15 bits per heavy atom. The molecule has 0 heterocycles. The van der Waals surface area contributed by atoms with Gasteiger partial charge in [-0.25, -0.2) is 0 Å². The molecule has 1 amide bonds. The number of carbonyl (C=O) groups excluding carboxylic acids is 2. The van der Waals surface area contributed by atoms with Crippen LogP contribution in [-0.4, -0.2) is 31.3 Å². The zero-order valence-corrected chi connectivity index (χ0v) is 8.09. The third-order valence-corrected chi connectivity index (χ3v) is 1.76. The first-order valence-electron chi connectivity index (χ1n) is 4.19. The van der Waals surface area contributed by atoms with Crippen LogP contribution in [0, 0.1) is 0 Å². The van der Waals surface area contributed by atoms with Gasteiger partial charge in [0.2, 0.25) is 5.91 Å². The van der Waals surface area contributed by atoms with Crippen LogP contribution in [0.5, 0.6) is 0 Å². The molecule has 0 aliphatic carbocycles. The van der Waals surface area contributed by atoms with Gasteiger partial charge in [-0.15, -0.1) is 0 Å². The molecular weight excluding hydrogens is 168 g/mol. The highest BCUT2D eigenvalue weighted by Gasteiger charge is 2.10. The molecule has 1 unspecified atom stereocenters. The van der Waals surface area contributed by atoms with Crippen LogP contribution in [0.3, 0.4) is 0 Å². The maximum Gasteiger partial charge on any atom is 0.243 e. The largest absolute Gasteiger partial charge is 0.352 e. The van der Waals surface area contributed by atoms with E-state index in [1.54, 1.807) is 7.05 Å². The predicted octanol–water partition coefficient (Wildman–Crippen LogP) is -0.144. The molecule has 74 valence electrons. The van der Waals surface area contributed by atoms with Crippen molar-refractivity contribution in [2.24, 2.45) is 0 Å². The molecule has 1 atom stereocenters. The molecule has 0 aliphatic rings. The van der Waals surface area contributed by atoms with Crippen molar-refractivity contribution in [2.75, 3.05) is 13.6 Å². The lowest BCUT2D eigenvalue weighted by atomic mass is 10.1. The molecule has 0 fully saturated rings. The van der Waals surface area contributed by atoms with E-state index in [0.29, 0.717) is 13.0 Å². The van der Waals surface area contributed by atoms with Crippen molar-refractivity contribution in [1.29, 1.82) is 0 Å². The quantitative estimate of drug-likeness (QED) is 0.565. The monoisotopic (exact) mass is 184 g/mol. The lowest BCUT2D eigenvalue weighted by Gasteiger charge is -2.11. The molecule has 0 saturated heterocycles. The summed E-state index contributed by atoms with van der Waals surface area (Å²) in [6.45, 7) is 5.33. The van der Waals surface area contributed by atoms with Crippen LogP contribution in [0.2, 0.25) is 0 Å². The van der Waals surface area contributed by atoms with E-state index in [1.807, 2.05) is 0 Å². The Kier molecular flexibility index (Phi) is 5.80. The highest BCUT2D eigenvalue weighted by Crippen LogP contribution is 1.90. The van der Waals surface area contributed by atoms with Gasteiger partial charge in [0, 0.05) is 6.54 Å². The molecule has 4 nitrogen and oxygen atoms in total. The van der Waals surface area contributed by atoms with Crippen molar-refractivity contribution in [1.82, 2.24) is 10.6 Å². The fourth-order valence-corrected chi connectivity index (χ4v) is 0.963. The third kappa shape index (κ3) is 5.14. The van der Waals surface area contributed by atoms with Crippen LogP contribution < -0.4 is 10.6 Å². The molecule has 2 N–H and O–H groups in total. The minimum atomic E-state index is -0.210. The molecule has 0 rings (SSSR count). The molecule has 13 heavy (non-hydrogen) atoms. The van der Waals surface area contributed by atoms with Gasteiger partial charge in [-0.2, -0.15) is 0 Å². The van der Waals surface area contributed by atoms with Crippen LogP contribution in [-0.2, 0) is 9.59 Å². The van der Waals surface area contributed by atoms with E-state index in [-0.39, 0.29) is 17.7 Å². The van der Waals surface area contributed by atoms with Crippen LogP contribution in [0.15, 0.2) is 12.7 Å². The van der Waals surface area contributed by atoms with Crippen molar-refractivity contribution in [3.05, 3.63) is 12.7 Å². The van der Waals surface area contributed by atoms with Crippen LogP contribution >= 0.6 is 0 Å². The highest BCUT2D eigenvalue weighted by atomic mass is 16.1. The first kappa shape index (κ1) is 11.8. The van der Waals surface area contributed by atoms with Crippen LogP contribution in [0.4, 0.5) is 0 Å². The Bertz CT molecular complexity index is 202. The highest BCUT2D eigenvalue weighted by molar-refractivity contribution is 5.87. The second kappa shape index (κ2) is 6.37. The van der Waals surface area contributed by atoms with Crippen molar-refractivity contribution >= 4 is 11.7 Å². The van der Waals surface area contributed by atoms with Crippen LogP contribution in [0.1, 0.15) is 13.3 Å². The standard InChI is InChI=1S/C9H16N2O2/c1-4-9(13)11-6-5-8(10-3)7(2)12/h4,8,10H,1,5-6H2,2-3H3,(H,11,13). The average Bonchev–Trinajstić information content (AvgIpc) is 2.11. The van der Waals surface area contributed by atoms with Gasteiger partial charge in [0.1, 0.15) is 5.78 Å². The molecule has 0 bridgehead atoms. The molecule has 0 radical (unpaired) electrons. The van der Waals surface area contributed by atoms with Gasteiger partial charge >= 0.3 is 0 Å². The van der Waals surface area contributed by atoms with E-state index < -0.39 is 0 Å². The number of rotatable bonds is 6. The minimum absolute atomic E-state index is 0.0790. The number of carbonyl (C=O) groups is 2. The number of hydrogen-bond donors (Lipinski definition) is 2. The van der Waals surface area contributed by atoms with Gasteiger partial charge in [-0.05, 0) is 26.5 Å². The first-order valence-corrected chi connectivity index (χ1v) is 4.19. The number of ketones is 1. The molecule has 0 spiro atoms. The van der Waals surface area contributed by atoms with Crippen molar-refractivity contribution in [3.63, 3.8) is 0 Å². The second-order valence-electron chi connectivity index (χ2n) is 2.74. The number of amides is 1. The molecular formula is C9H16N2O2. The maximum atomic E-state index is 10.9. The molecule has 0 aromatic carbocycles. The van der Waals surface area contributed by atoms with Crippen molar-refractivity contribution in [2.45, 2.75) is 19.4 Å². The summed E-state index contributed by atoms with van der Waals surface area (Å²) in [6.07, 6.45) is 1.81. The summed E-state index contributed by atoms with van der Waals surface area (Å²) < 4.78 is 0. The maximum absolute atomic E-state index is 10.9. The van der Waals surface area contributed by atoms with Crippen molar-refractivity contribution < 1.29 is 9.59 Å². The average molecular weight is 184 g/mol. The van der Waals surface area contributed by atoms with Gasteiger partial charge in [-0.1, -0.05) is 6.58 Å².